The highest BCUT2D eigenvalue weighted by molar-refractivity contribution is 5.97. The first-order valence-corrected chi connectivity index (χ1v) is 18.6. The predicted octanol–water partition coefficient (Wildman–Crippen LogP) is 7.73. The Hall–Kier alpha value is -2.89. The van der Waals surface area contributed by atoms with Crippen LogP contribution < -0.4 is 11.1 Å². The quantitative estimate of drug-likeness (QED) is 0.0547. The largest absolute Gasteiger partial charge is 0.466 e. The molecule has 3 N–H and O–H groups in total. The number of rotatable bonds is 25. The summed E-state index contributed by atoms with van der Waals surface area (Å²) in [4.78, 5) is 67.4. The number of hydrogen-bond donors (Lipinski definition) is 2. The molecule has 2 atom stereocenters. The molecule has 286 valence electrons. The molecule has 0 saturated heterocycles. The molecule has 0 fully saturated rings. The van der Waals surface area contributed by atoms with Gasteiger partial charge >= 0.3 is 24.1 Å². The van der Waals surface area contributed by atoms with Crippen molar-refractivity contribution in [3.63, 3.8) is 0 Å². The molecule has 0 bridgehead atoms. The number of imide groups is 1. The molecule has 0 aliphatic carbocycles. The summed E-state index contributed by atoms with van der Waals surface area (Å²) in [5, 5.41) is 2.67. The number of hydrogen-bond acceptors (Lipinski definition) is 10. The fourth-order valence-corrected chi connectivity index (χ4v) is 4.89. The highest BCUT2D eigenvalue weighted by atomic mass is 16.6. The van der Waals surface area contributed by atoms with Gasteiger partial charge in [0, 0.05) is 6.42 Å². The summed E-state index contributed by atoms with van der Waals surface area (Å²) in [5.74, 6) is -1.97. The van der Waals surface area contributed by atoms with Crippen molar-refractivity contribution in [3.8, 4) is 0 Å². The van der Waals surface area contributed by atoms with Gasteiger partial charge in [-0.05, 0) is 86.6 Å². The molecule has 0 aromatic carbocycles. The highest BCUT2D eigenvalue weighted by Crippen LogP contribution is 2.20. The topological polar surface area (TPSA) is 164 Å². The second kappa shape index (κ2) is 26.0. The van der Waals surface area contributed by atoms with E-state index >= 15 is 0 Å². The standard InChI is InChI=1S/C37H69N3O9/c1-9-11-13-15-17-21-27-46-31(41)25-24-29(33(43)47-28-22-18-16-14-12-10-2)39-32(42)30(23-19-20-26-38)40(34(44)48-36(3,4)5)35(45)49-37(6,7)8/h29-30H,9-28,38H2,1-8H3,(H,39,42)/t29-,30-/m0/s1. The van der Waals surface area contributed by atoms with E-state index in [-0.39, 0.29) is 32.5 Å². The first kappa shape index (κ1) is 46.1. The van der Waals surface area contributed by atoms with Crippen molar-refractivity contribution >= 4 is 30.0 Å². The van der Waals surface area contributed by atoms with Crippen molar-refractivity contribution in [3.05, 3.63) is 0 Å². The van der Waals surface area contributed by atoms with Gasteiger partial charge < -0.3 is 30.0 Å². The van der Waals surface area contributed by atoms with Crippen molar-refractivity contribution in [1.82, 2.24) is 10.2 Å². The number of carbonyl (C=O) groups is 5. The minimum Gasteiger partial charge on any atom is -0.466 e. The average Bonchev–Trinajstić information content (AvgIpc) is 2.99. The zero-order valence-corrected chi connectivity index (χ0v) is 32.0. The molecule has 12 nitrogen and oxygen atoms in total. The molecule has 12 heteroatoms. The third-order valence-electron chi connectivity index (χ3n) is 7.47. The molecule has 3 amide bonds. The first-order chi connectivity index (χ1) is 23.1. The van der Waals surface area contributed by atoms with E-state index in [1.807, 2.05) is 0 Å². The van der Waals surface area contributed by atoms with Crippen molar-refractivity contribution < 1.29 is 42.9 Å². The van der Waals surface area contributed by atoms with E-state index in [0.717, 1.165) is 64.2 Å². The average molecular weight is 700 g/mol. The van der Waals surface area contributed by atoms with Crippen molar-refractivity contribution in [2.75, 3.05) is 19.8 Å². The third-order valence-corrected chi connectivity index (χ3v) is 7.47. The normalized spacial score (nSPS) is 12.8. The molecule has 0 aliphatic heterocycles. The maximum atomic E-state index is 14.0. The van der Waals surface area contributed by atoms with Gasteiger partial charge in [0.15, 0.2) is 0 Å². The number of nitrogens with zero attached hydrogens (tertiary/aromatic N) is 1. The van der Waals surface area contributed by atoms with Gasteiger partial charge in [0.2, 0.25) is 5.91 Å². The smallest absolute Gasteiger partial charge is 0.420 e. The molecule has 0 spiro atoms. The van der Waals surface area contributed by atoms with Crippen LogP contribution in [0.2, 0.25) is 0 Å². The van der Waals surface area contributed by atoms with Gasteiger partial charge in [-0.3, -0.25) is 9.59 Å². The highest BCUT2D eigenvalue weighted by Gasteiger charge is 2.41. The Morgan fingerprint density at radius 3 is 1.57 bits per heavy atom. The molecule has 0 aliphatic rings. The fourth-order valence-electron chi connectivity index (χ4n) is 4.89. The minimum absolute atomic E-state index is 0.0430. The second-order valence-corrected chi connectivity index (χ2v) is 14.7. The summed E-state index contributed by atoms with van der Waals surface area (Å²) in [6.45, 7) is 14.9. The van der Waals surface area contributed by atoms with Crippen molar-refractivity contribution in [2.24, 2.45) is 5.73 Å². The monoisotopic (exact) mass is 700 g/mol. The summed E-state index contributed by atoms with van der Waals surface area (Å²) in [7, 11) is 0. The van der Waals surface area contributed by atoms with E-state index in [1.54, 1.807) is 41.5 Å². The Morgan fingerprint density at radius 1 is 0.633 bits per heavy atom. The predicted molar refractivity (Wildman–Crippen MR) is 191 cm³/mol. The van der Waals surface area contributed by atoms with Gasteiger partial charge in [-0.2, -0.15) is 4.90 Å². The summed E-state index contributed by atoms with van der Waals surface area (Å²) in [6, 6.07) is -2.60. The third kappa shape index (κ3) is 24.0. The van der Waals surface area contributed by atoms with Crippen LogP contribution in [0.3, 0.4) is 0 Å². The van der Waals surface area contributed by atoms with Gasteiger partial charge in [0.1, 0.15) is 23.3 Å². The number of ether oxygens (including phenoxy) is 4. The lowest BCUT2D eigenvalue weighted by molar-refractivity contribution is -0.150. The fraction of sp³-hybridized carbons (Fsp3) is 0.865. The van der Waals surface area contributed by atoms with E-state index in [4.69, 9.17) is 24.7 Å². The van der Waals surface area contributed by atoms with Crippen LogP contribution in [0.15, 0.2) is 0 Å². The Kier molecular flexibility index (Phi) is 24.5. The molecule has 49 heavy (non-hydrogen) atoms. The summed E-state index contributed by atoms with van der Waals surface area (Å²) < 4.78 is 21.9. The zero-order valence-electron chi connectivity index (χ0n) is 32.0. The summed E-state index contributed by atoms with van der Waals surface area (Å²) in [6.07, 6.45) is 10.9. The van der Waals surface area contributed by atoms with E-state index in [9.17, 15) is 24.0 Å². The maximum Gasteiger partial charge on any atom is 0.420 e. The zero-order chi connectivity index (χ0) is 37.3. The van der Waals surface area contributed by atoms with Gasteiger partial charge in [0.25, 0.3) is 0 Å². The lowest BCUT2D eigenvalue weighted by atomic mass is 10.1. The minimum atomic E-state index is -1.38. The lowest BCUT2D eigenvalue weighted by Crippen LogP contribution is -2.57. The van der Waals surface area contributed by atoms with E-state index in [2.05, 4.69) is 19.2 Å². The Morgan fingerprint density at radius 2 is 1.10 bits per heavy atom. The van der Waals surface area contributed by atoms with Crippen LogP contribution >= 0.6 is 0 Å². The molecule has 0 rings (SSSR count). The van der Waals surface area contributed by atoms with Crippen LogP contribution in [0.5, 0.6) is 0 Å². The first-order valence-electron chi connectivity index (χ1n) is 18.6. The number of unbranched alkanes of at least 4 members (excludes halogenated alkanes) is 11. The van der Waals surface area contributed by atoms with Crippen LogP contribution in [0.1, 0.15) is 165 Å². The Labute approximate surface area is 296 Å². The molecule has 0 aromatic rings. The number of esters is 2. The lowest BCUT2D eigenvalue weighted by Gasteiger charge is -2.33. The van der Waals surface area contributed by atoms with Gasteiger partial charge in [0.05, 0.1) is 13.2 Å². The number of amides is 3. The molecule has 0 heterocycles. The van der Waals surface area contributed by atoms with Crippen LogP contribution in [0.4, 0.5) is 9.59 Å². The Balaban J connectivity index is 5.97. The molecule has 0 saturated carbocycles. The maximum absolute atomic E-state index is 14.0. The molecular weight excluding hydrogens is 630 g/mol. The van der Waals surface area contributed by atoms with E-state index < -0.39 is 53.3 Å². The number of nitrogens with one attached hydrogen (secondary N) is 1. The van der Waals surface area contributed by atoms with Crippen LogP contribution in [0, 0.1) is 0 Å². The van der Waals surface area contributed by atoms with Gasteiger partial charge in [-0.15, -0.1) is 0 Å². The second-order valence-electron chi connectivity index (χ2n) is 14.7. The molecular formula is C37H69N3O9. The van der Waals surface area contributed by atoms with Crippen molar-refractivity contribution in [1.29, 1.82) is 0 Å². The number of nitrogens with two attached hydrogens (primary N) is 1. The SMILES string of the molecule is CCCCCCCCOC(=O)CC[C@H](NC(=O)[C@H](CCCCN)N(C(=O)OC(C)(C)C)C(=O)OC(C)(C)C)C(=O)OCCCCCCCC. The van der Waals surface area contributed by atoms with Crippen molar-refractivity contribution in [2.45, 2.75) is 188 Å². The van der Waals surface area contributed by atoms with E-state index in [0.29, 0.717) is 30.7 Å². The van der Waals surface area contributed by atoms with Gasteiger partial charge in [-0.25, -0.2) is 14.4 Å². The molecule has 0 radical (unpaired) electrons. The van der Waals surface area contributed by atoms with Gasteiger partial charge in [-0.1, -0.05) is 78.1 Å². The molecule has 0 unspecified atom stereocenters. The van der Waals surface area contributed by atoms with E-state index in [1.165, 1.54) is 6.42 Å². The molecule has 0 aromatic heterocycles. The summed E-state index contributed by atoms with van der Waals surface area (Å²) >= 11 is 0. The van der Waals surface area contributed by atoms with Crippen LogP contribution in [-0.4, -0.2) is 78.0 Å². The summed E-state index contributed by atoms with van der Waals surface area (Å²) in [5.41, 5.74) is 3.75. The van der Waals surface area contributed by atoms with Crippen LogP contribution in [0.25, 0.3) is 0 Å². The number of carbonyl (C=O) groups excluding carboxylic acids is 5. The van der Waals surface area contributed by atoms with Crippen LogP contribution in [-0.2, 0) is 33.3 Å². The Bertz CT molecular complexity index is 932.